The summed E-state index contributed by atoms with van der Waals surface area (Å²) in [4.78, 5) is 0. The number of thioether (sulfide) groups is 1. The number of benzene rings is 2. The fourth-order valence-electron chi connectivity index (χ4n) is 2.92. The van der Waals surface area contributed by atoms with Crippen molar-refractivity contribution in [2.75, 3.05) is 5.75 Å². The van der Waals surface area contributed by atoms with Gasteiger partial charge in [-0.05, 0) is 18.6 Å². The molecule has 0 spiro atoms. The van der Waals surface area contributed by atoms with Crippen LogP contribution in [0.2, 0.25) is 0 Å². The van der Waals surface area contributed by atoms with Gasteiger partial charge in [0.05, 0.1) is 6.04 Å². The zero-order valence-corrected chi connectivity index (χ0v) is 15.6. The first-order valence-electron chi connectivity index (χ1n) is 8.58. The van der Waals surface area contributed by atoms with Crippen LogP contribution >= 0.6 is 24.0 Å². The van der Waals surface area contributed by atoms with E-state index in [0.29, 0.717) is 0 Å². The molecule has 2 aromatic carbocycles. The van der Waals surface area contributed by atoms with E-state index < -0.39 is 0 Å². The summed E-state index contributed by atoms with van der Waals surface area (Å²) < 4.78 is 6.89. The van der Waals surface area contributed by atoms with Crippen molar-refractivity contribution in [1.82, 2.24) is 5.32 Å². The van der Waals surface area contributed by atoms with Gasteiger partial charge in [0.1, 0.15) is 15.8 Å². The molecule has 0 fully saturated rings. The Kier molecular flexibility index (Phi) is 6.16. The zero-order valence-electron chi connectivity index (χ0n) is 14.0. The third-order valence-corrected chi connectivity index (χ3v) is 5.52. The smallest absolute Gasteiger partial charge is 0.134 e. The zero-order chi connectivity index (χ0) is 16.8. The molecule has 1 heterocycles. The number of rotatable bonds is 6. The fraction of sp³-hybridized carbons (Fsp3) is 0.350. The third kappa shape index (κ3) is 4.11. The van der Waals surface area contributed by atoms with Crippen molar-refractivity contribution < 1.29 is 4.74 Å². The monoisotopic (exact) mass is 357 g/mol. The highest BCUT2D eigenvalue weighted by atomic mass is 32.2. The minimum absolute atomic E-state index is 0.0572. The van der Waals surface area contributed by atoms with Crippen LogP contribution in [-0.4, -0.2) is 10.1 Å². The van der Waals surface area contributed by atoms with Crippen molar-refractivity contribution in [2.24, 2.45) is 0 Å². The van der Waals surface area contributed by atoms with Crippen LogP contribution in [0.4, 0.5) is 0 Å². The number of fused-ring (bicyclic) bond motifs is 2. The van der Waals surface area contributed by atoms with E-state index in [9.17, 15) is 0 Å². The van der Waals surface area contributed by atoms with E-state index in [1.165, 1.54) is 25.7 Å². The number of hydrogen-bond donors (Lipinski definition) is 1. The van der Waals surface area contributed by atoms with Gasteiger partial charge in [-0.3, -0.25) is 0 Å². The van der Waals surface area contributed by atoms with Crippen molar-refractivity contribution in [3.63, 3.8) is 0 Å². The summed E-state index contributed by atoms with van der Waals surface area (Å²) in [5, 5.41) is 3.54. The highest BCUT2D eigenvalue weighted by Crippen LogP contribution is 2.42. The Morgan fingerprint density at radius 1 is 1.00 bits per heavy atom. The minimum Gasteiger partial charge on any atom is -0.457 e. The molecule has 1 aliphatic heterocycles. The quantitative estimate of drug-likeness (QED) is 0.500. The molecular formula is C20H23NOS2. The molecule has 3 rings (SSSR count). The molecule has 0 unspecified atom stereocenters. The van der Waals surface area contributed by atoms with Crippen molar-refractivity contribution in [1.29, 1.82) is 0 Å². The Labute approximate surface area is 154 Å². The molecule has 0 saturated heterocycles. The first-order chi connectivity index (χ1) is 11.8. The molecule has 0 aromatic heterocycles. The van der Waals surface area contributed by atoms with Gasteiger partial charge in [-0.2, -0.15) is 0 Å². The molecule has 24 heavy (non-hydrogen) atoms. The third-order valence-electron chi connectivity index (χ3n) is 4.17. The van der Waals surface area contributed by atoms with Gasteiger partial charge in [0, 0.05) is 16.9 Å². The van der Waals surface area contributed by atoms with Crippen molar-refractivity contribution >= 4 is 28.3 Å². The van der Waals surface area contributed by atoms with Crippen molar-refractivity contribution in [3.8, 4) is 11.5 Å². The highest BCUT2D eigenvalue weighted by molar-refractivity contribution is 8.22. The lowest BCUT2D eigenvalue weighted by Gasteiger charge is -2.29. The van der Waals surface area contributed by atoms with Gasteiger partial charge in [0.25, 0.3) is 0 Å². The molecule has 0 saturated carbocycles. The molecule has 0 atom stereocenters. The van der Waals surface area contributed by atoms with Gasteiger partial charge in [-0.1, -0.05) is 86.6 Å². The summed E-state index contributed by atoms with van der Waals surface area (Å²) in [7, 11) is 0. The number of nitrogens with one attached hydrogen (secondary N) is 1. The summed E-state index contributed by atoms with van der Waals surface area (Å²) >= 11 is 7.33. The summed E-state index contributed by atoms with van der Waals surface area (Å²) in [6.07, 6.45) is 5.08. The molecule has 1 aliphatic rings. The summed E-state index contributed by atoms with van der Waals surface area (Å²) in [6, 6.07) is 16.4. The van der Waals surface area contributed by atoms with Crippen LogP contribution in [0.25, 0.3) is 0 Å². The summed E-state index contributed by atoms with van der Waals surface area (Å²) in [5.41, 5.74) is 2.29. The minimum atomic E-state index is 0.0572. The molecule has 126 valence electrons. The second kappa shape index (κ2) is 8.54. The van der Waals surface area contributed by atoms with Crippen LogP contribution in [0.1, 0.15) is 49.8 Å². The lowest BCUT2D eigenvalue weighted by atomic mass is 9.95. The lowest BCUT2D eigenvalue weighted by molar-refractivity contribution is 0.442. The van der Waals surface area contributed by atoms with Gasteiger partial charge in [-0.25, -0.2) is 0 Å². The van der Waals surface area contributed by atoms with Crippen LogP contribution in [-0.2, 0) is 0 Å². The maximum absolute atomic E-state index is 6.02. The number of hydrogen-bond acceptors (Lipinski definition) is 3. The maximum atomic E-state index is 6.02. The normalized spacial score (nSPS) is 12.9. The van der Waals surface area contributed by atoms with Crippen LogP contribution in [0.3, 0.4) is 0 Å². The average Bonchev–Trinajstić information content (AvgIpc) is 2.61. The largest absolute Gasteiger partial charge is 0.457 e. The molecule has 0 radical (unpaired) electrons. The van der Waals surface area contributed by atoms with Gasteiger partial charge in [-0.15, -0.1) is 0 Å². The fourth-order valence-corrected chi connectivity index (χ4v) is 4.02. The molecule has 2 nitrogen and oxygen atoms in total. The number of para-hydroxylation sites is 2. The molecule has 0 bridgehead atoms. The Morgan fingerprint density at radius 3 is 2.25 bits per heavy atom. The van der Waals surface area contributed by atoms with Crippen LogP contribution in [0.5, 0.6) is 11.5 Å². The number of ether oxygens (including phenoxy) is 1. The first-order valence-corrected chi connectivity index (χ1v) is 9.98. The second-order valence-corrected chi connectivity index (χ2v) is 7.72. The Bertz CT molecular complexity index is 656. The van der Waals surface area contributed by atoms with E-state index in [-0.39, 0.29) is 6.04 Å². The van der Waals surface area contributed by atoms with Crippen molar-refractivity contribution in [2.45, 2.75) is 38.6 Å². The first kappa shape index (κ1) is 17.3. The van der Waals surface area contributed by atoms with Crippen LogP contribution in [0, 0.1) is 0 Å². The molecule has 0 amide bonds. The van der Waals surface area contributed by atoms with Gasteiger partial charge >= 0.3 is 0 Å². The van der Waals surface area contributed by atoms with E-state index in [1.807, 2.05) is 36.4 Å². The average molecular weight is 358 g/mol. The number of thiocarbonyl (C=S) groups is 1. The molecule has 2 aromatic rings. The lowest BCUT2D eigenvalue weighted by Crippen LogP contribution is -2.28. The predicted octanol–water partition coefficient (Wildman–Crippen LogP) is 6.07. The van der Waals surface area contributed by atoms with Gasteiger partial charge in [0.2, 0.25) is 0 Å². The Hall–Kier alpha value is -1.52. The SMILES string of the molecule is CCCCCCSC(=S)NC1c2ccccc2Oc2ccccc21. The highest BCUT2D eigenvalue weighted by Gasteiger charge is 2.27. The van der Waals surface area contributed by atoms with E-state index in [2.05, 4.69) is 24.4 Å². The van der Waals surface area contributed by atoms with Crippen LogP contribution in [0.15, 0.2) is 48.5 Å². The Morgan fingerprint density at radius 2 is 1.62 bits per heavy atom. The van der Waals surface area contributed by atoms with E-state index >= 15 is 0 Å². The second-order valence-electron chi connectivity index (χ2n) is 5.95. The molecular weight excluding hydrogens is 334 g/mol. The Balaban J connectivity index is 1.70. The van der Waals surface area contributed by atoms with Crippen LogP contribution < -0.4 is 10.1 Å². The summed E-state index contributed by atoms with van der Waals surface area (Å²) in [6.45, 7) is 2.24. The molecule has 1 N–H and O–H groups in total. The molecule has 0 aliphatic carbocycles. The molecule has 4 heteroatoms. The van der Waals surface area contributed by atoms with E-state index in [1.54, 1.807) is 11.8 Å². The van der Waals surface area contributed by atoms with Gasteiger partial charge < -0.3 is 10.1 Å². The predicted molar refractivity (Wildman–Crippen MR) is 107 cm³/mol. The summed E-state index contributed by atoms with van der Waals surface area (Å²) in [5.74, 6) is 2.90. The van der Waals surface area contributed by atoms with E-state index in [0.717, 1.165) is 32.7 Å². The maximum Gasteiger partial charge on any atom is 0.134 e. The van der Waals surface area contributed by atoms with Crippen molar-refractivity contribution in [3.05, 3.63) is 59.7 Å². The van der Waals surface area contributed by atoms with Gasteiger partial charge in [0.15, 0.2) is 0 Å². The standard InChI is InChI=1S/C20H23NOS2/c1-2-3-4-9-14-24-20(23)21-19-15-10-5-7-12-17(15)22-18-13-8-6-11-16(18)19/h5-8,10-13,19H,2-4,9,14H2,1H3,(H,21,23). The topological polar surface area (TPSA) is 21.3 Å². The number of unbranched alkanes of at least 4 members (excludes halogenated alkanes) is 3. The van der Waals surface area contributed by atoms with E-state index in [4.69, 9.17) is 17.0 Å².